The van der Waals surface area contributed by atoms with Gasteiger partial charge in [0.05, 0.1) is 22.6 Å². The van der Waals surface area contributed by atoms with Gasteiger partial charge in [-0.3, -0.25) is 4.79 Å². The number of rotatable bonds is 2. The standard InChI is InChI=1S/C16H13Cl2NO3S/c1-22-16(21)10-4-2-6-12-9(10)5-3-7-19(12)15(20)11-8-13(17)23-14(11)18/h2,4,6,8H,3,5,7H2,1H3. The van der Waals surface area contributed by atoms with Crippen molar-refractivity contribution in [1.29, 1.82) is 0 Å². The van der Waals surface area contributed by atoms with E-state index in [1.54, 1.807) is 23.1 Å². The van der Waals surface area contributed by atoms with Crippen LogP contribution in [0.2, 0.25) is 8.67 Å². The second-order valence-electron chi connectivity index (χ2n) is 5.09. The molecule has 7 heteroatoms. The second kappa shape index (κ2) is 6.51. The van der Waals surface area contributed by atoms with Crippen molar-refractivity contribution in [2.75, 3.05) is 18.6 Å². The molecule has 0 unspecified atom stereocenters. The molecule has 0 spiro atoms. The lowest BCUT2D eigenvalue weighted by Crippen LogP contribution is -2.36. The van der Waals surface area contributed by atoms with E-state index < -0.39 is 5.97 Å². The summed E-state index contributed by atoms with van der Waals surface area (Å²) in [5, 5.41) is 0. The summed E-state index contributed by atoms with van der Waals surface area (Å²) in [5.74, 6) is -0.603. The molecule has 1 aliphatic heterocycles. The third kappa shape index (κ3) is 2.96. The first-order valence-corrected chi connectivity index (χ1v) is 8.57. The fraction of sp³-hybridized carbons (Fsp3) is 0.250. The highest BCUT2D eigenvalue weighted by Crippen LogP contribution is 2.36. The molecule has 0 radical (unpaired) electrons. The summed E-state index contributed by atoms with van der Waals surface area (Å²) in [5.41, 5.74) is 2.44. The fourth-order valence-corrected chi connectivity index (χ4v) is 4.22. The highest BCUT2D eigenvalue weighted by atomic mass is 35.5. The molecule has 0 N–H and O–H groups in total. The molecule has 0 bridgehead atoms. The Balaban J connectivity index is 2.04. The summed E-state index contributed by atoms with van der Waals surface area (Å²) >= 11 is 13.2. The third-order valence-electron chi connectivity index (χ3n) is 3.79. The SMILES string of the molecule is COC(=O)c1cccc2c1CCCN2C(=O)c1cc(Cl)sc1Cl. The molecule has 1 aromatic heterocycles. The molecule has 0 atom stereocenters. The van der Waals surface area contributed by atoms with Crippen LogP contribution in [0.4, 0.5) is 5.69 Å². The molecule has 3 rings (SSSR count). The van der Waals surface area contributed by atoms with Crippen molar-refractivity contribution in [3.63, 3.8) is 0 Å². The average molecular weight is 370 g/mol. The molecule has 2 heterocycles. The van der Waals surface area contributed by atoms with Gasteiger partial charge in [0.1, 0.15) is 4.34 Å². The van der Waals surface area contributed by atoms with Crippen LogP contribution in [0.5, 0.6) is 0 Å². The van der Waals surface area contributed by atoms with E-state index in [-0.39, 0.29) is 5.91 Å². The molecule has 0 saturated carbocycles. The number of carbonyl (C=O) groups is 2. The summed E-state index contributed by atoms with van der Waals surface area (Å²) in [7, 11) is 1.35. The van der Waals surface area contributed by atoms with Gasteiger partial charge < -0.3 is 9.64 Å². The molecular formula is C16H13Cl2NO3S. The highest BCUT2D eigenvalue weighted by Gasteiger charge is 2.28. The van der Waals surface area contributed by atoms with Gasteiger partial charge >= 0.3 is 5.97 Å². The molecule has 1 aliphatic rings. The zero-order valence-electron chi connectivity index (χ0n) is 12.3. The van der Waals surface area contributed by atoms with Crippen molar-refractivity contribution in [2.45, 2.75) is 12.8 Å². The Morgan fingerprint density at radius 3 is 2.70 bits per heavy atom. The quantitative estimate of drug-likeness (QED) is 0.735. The van der Waals surface area contributed by atoms with E-state index in [9.17, 15) is 9.59 Å². The number of hydrogen-bond acceptors (Lipinski definition) is 4. The van der Waals surface area contributed by atoms with Crippen LogP contribution in [-0.2, 0) is 11.2 Å². The van der Waals surface area contributed by atoms with Crippen LogP contribution in [0.15, 0.2) is 24.3 Å². The molecule has 0 fully saturated rings. The van der Waals surface area contributed by atoms with Gasteiger partial charge in [0.25, 0.3) is 5.91 Å². The lowest BCUT2D eigenvalue weighted by atomic mass is 9.96. The van der Waals surface area contributed by atoms with Crippen LogP contribution in [0, 0.1) is 0 Å². The maximum absolute atomic E-state index is 12.8. The fourth-order valence-electron chi connectivity index (χ4n) is 2.77. The van der Waals surface area contributed by atoms with Crippen LogP contribution < -0.4 is 4.90 Å². The summed E-state index contributed by atoms with van der Waals surface area (Å²) in [6, 6.07) is 6.88. The summed E-state index contributed by atoms with van der Waals surface area (Å²) in [6.45, 7) is 0.570. The minimum atomic E-state index is -0.396. The number of hydrogen-bond donors (Lipinski definition) is 0. The Bertz CT molecular complexity index is 788. The molecule has 1 aromatic carbocycles. The Hall–Kier alpha value is -1.56. The van der Waals surface area contributed by atoms with Gasteiger partial charge in [-0.1, -0.05) is 29.3 Å². The monoisotopic (exact) mass is 369 g/mol. The molecule has 23 heavy (non-hydrogen) atoms. The van der Waals surface area contributed by atoms with Gasteiger partial charge in [-0.2, -0.15) is 0 Å². The first-order valence-electron chi connectivity index (χ1n) is 7.00. The van der Waals surface area contributed by atoms with E-state index in [4.69, 9.17) is 27.9 Å². The number of anilines is 1. The highest BCUT2D eigenvalue weighted by molar-refractivity contribution is 7.20. The van der Waals surface area contributed by atoms with E-state index in [1.807, 2.05) is 6.07 Å². The van der Waals surface area contributed by atoms with E-state index in [1.165, 1.54) is 7.11 Å². The van der Waals surface area contributed by atoms with Crippen molar-refractivity contribution in [1.82, 2.24) is 0 Å². The second-order valence-corrected chi connectivity index (χ2v) is 7.38. The van der Waals surface area contributed by atoms with Crippen LogP contribution in [0.3, 0.4) is 0 Å². The zero-order valence-corrected chi connectivity index (χ0v) is 14.6. The van der Waals surface area contributed by atoms with E-state index in [2.05, 4.69) is 0 Å². The topological polar surface area (TPSA) is 46.6 Å². The first-order chi connectivity index (χ1) is 11.0. The lowest BCUT2D eigenvalue weighted by Gasteiger charge is -2.30. The summed E-state index contributed by atoms with van der Waals surface area (Å²) < 4.78 is 5.67. The van der Waals surface area contributed by atoms with Crippen molar-refractivity contribution in [3.05, 3.63) is 49.6 Å². The summed E-state index contributed by atoms with van der Waals surface area (Å²) in [6.07, 6.45) is 1.49. The molecular weight excluding hydrogens is 357 g/mol. The van der Waals surface area contributed by atoms with Gasteiger partial charge in [-0.05, 0) is 36.6 Å². The summed E-state index contributed by atoms with van der Waals surface area (Å²) in [4.78, 5) is 26.4. The molecule has 0 aliphatic carbocycles. The van der Waals surface area contributed by atoms with Gasteiger partial charge in [0.15, 0.2) is 0 Å². The minimum Gasteiger partial charge on any atom is -0.465 e. The molecule has 0 saturated heterocycles. The van der Waals surface area contributed by atoms with Crippen LogP contribution in [0.25, 0.3) is 0 Å². The predicted octanol–water partition coefficient (Wildman–Crippen LogP) is 4.43. The normalized spacial score (nSPS) is 13.6. The zero-order chi connectivity index (χ0) is 16.6. The van der Waals surface area contributed by atoms with Crippen molar-refractivity contribution < 1.29 is 14.3 Å². The third-order valence-corrected chi connectivity index (χ3v) is 5.28. The largest absolute Gasteiger partial charge is 0.465 e. The molecule has 1 amide bonds. The molecule has 2 aromatic rings. The number of carbonyl (C=O) groups excluding carboxylic acids is 2. The Labute approximate surface area is 147 Å². The van der Waals surface area contributed by atoms with Crippen LogP contribution >= 0.6 is 34.5 Å². The predicted molar refractivity (Wildman–Crippen MR) is 92.1 cm³/mol. The molecule has 120 valence electrons. The number of fused-ring (bicyclic) bond motifs is 1. The maximum Gasteiger partial charge on any atom is 0.338 e. The van der Waals surface area contributed by atoms with Gasteiger partial charge in [0, 0.05) is 12.2 Å². The lowest BCUT2D eigenvalue weighted by molar-refractivity contribution is 0.0599. The number of methoxy groups -OCH3 is 1. The van der Waals surface area contributed by atoms with E-state index in [0.717, 1.165) is 35.4 Å². The van der Waals surface area contributed by atoms with Crippen LogP contribution in [0.1, 0.15) is 32.7 Å². The smallest absolute Gasteiger partial charge is 0.338 e. The minimum absolute atomic E-state index is 0.207. The van der Waals surface area contributed by atoms with Crippen molar-refractivity contribution in [2.24, 2.45) is 0 Å². The Morgan fingerprint density at radius 1 is 1.26 bits per heavy atom. The van der Waals surface area contributed by atoms with E-state index >= 15 is 0 Å². The van der Waals surface area contributed by atoms with Gasteiger partial charge in [-0.25, -0.2) is 4.79 Å². The first kappa shape index (κ1) is 16.3. The molecule has 4 nitrogen and oxygen atoms in total. The number of halogens is 2. The van der Waals surface area contributed by atoms with Crippen molar-refractivity contribution >= 4 is 52.1 Å². The Morgan fingerprint density at radius 2 is 2.04 bits per heavy atom. The number of ether oxygens (including phenoxy) is 1. The number of esters is 1. The van der Waals surface area contributed by atoms with Crippen molar-refractivity contribution in [3.8, 4) is 0 Å². The number of nitrogens with zero attached hydrogens (tertiary/aromatic N) is 1. The number of thiophene rings is 1. The van der Waals surface area contributed by atoms with E-state index in [0.29, 0.717) is 26.3 Å². The number of benzene rings is 1. The average Bonchev–Trinajstić information content (AvgIpc) is 2.90. The van der Waals surface area contributed by atoms with Gasteiger partial charge in [-0.15, -0.1) is 11.3 Å². The van der Waals surface area contributed by atoms with Gasteiger partial charge in [0.2, 0.25) is 0 Å². The maximum atomic E-state index is 12.8. The Kier molecular flexibility index (Phi) is 4.62. The van der Waals surface area contributed by atoms with Crippen LogP contribution in [-0.4, -0.2) is 25.5 Å². The number of amides is 1.